The molecule has 0 spiro atoms. The zero-order chi connectivity index (χ0) is 22.5. The van der Waals surface area contributed by atoms with E-state index in [2.05, 4.69) is 10.6 Å². The lowest BCUT2D eigenvalue weighted by Gasteiger charge is -2.15. The molecule has 8 nitrogen and oxygen atoms in total. The van der Waals surface area contributed by atoms with Crippen LogP contribution in [-0.2, 0) is 20.9 Å². The maximum absolute atomic E-state index is 14.8. The van der Waals surface area contributed by atoms with Gasteiger partial charge in [-0.2, -0.15) is 0 Å². The number of nitrogens with one attached hydrogen (secondary N) is 2. The number of cyclic esters (lactones) is 1. The highest BCUT2D eigenvalue weighted by molar-refractivity contribution is 5.90. The standard InChI is InChI=1S/C22H25FN4O4/c1-13(24)21(29)26-10-15-3-5-16(6-4-15)19-8-7-17(9-20(19)23)27-12-18(31-22(27)30)11-25-14(2)28/h3-9,13,18H,10-12,24H2,1-2H3,(H,25,28)(H,26,29)/t13-,18+/m1/s1. The molecule has 0 aromatic heterocycles. The van der Waals surface area contributed by atoms with Crippen molar-refractivity contribution in [3.05, 3.63) is 53.8 Å². The highest BCUT2D eigenvalue weighted by Gasteiger charge is 2.32. The maximum Gasteiger partial charge on any atom is 0.414 e. The average molecular weight is 428 g/mol. The lowest BCUT2D eigenvalue weighted by Crippen LogP contribution is -2.37. The summed E-state index contributed by atoms with van der Waals surface area (Å²) in [6.07, 6.45) is -1.07. The van der Waals surface area contributed by atoms with Crippen LogP contribution in [0.25, 0.3) is 11.1 Å². The van der Waals surface area contributed by atoms with Crippen LogP contribution in [0.3, 0.4) is 0 Å². The smallest absolute Gasteiger partial charge is 0.414 e. The van der Waals surface area contributed by atoms with Crippen LogP contribution in [0.2, 0.25) is 0 Å². The van der Waals surface area contributed by atoms with Gasteiger partial charge >= 0.3 is 6.09 Å². The highest BCUT2D eigenvalue weighted by atomic mass is 19.1. The van der Waals surface area contributed by atoms with E-state index in [9.17, 15) is 18.8 Å². The fourth-order valence-corrected chi connectivity index (χ4v) is 3.15. The van der Waals surface area contributed by atoms with Crippen molar-refractivity contribution in [2.75, 3.05) is 18.0 Å². The van der Waals surface area contributed by atoms with Crippen LogP contribution in [0.15, 0.2) is 42.5 Å². The molecule has 9 heteroatoms. The van der Waals surface area contributed by atoms with E-state index >= 15 is 0 Å². The zero-order valence-electron chi connectivity index (χ0n) is 17.4. The number of hydrogen-bond acceptors (Lipinski definition) is 5. The summed E-state index contributed by atoms with van der Waals surface area (Å²) in [7, 11) is 0. The molecule has 3 rings (SSSR count). The lowest BCUT2D eigenvalue weighted by molar-refractivity contribution is -0.122. The number of carbonyl (C=O) groups is 3. The number of benzene rings is 2. The van der Waals surface area contributed by atoms with E-state index < -0.39 is 24.1 Å². The molecule has 1 saturated heterocycles. The number of anilines is 1. The number of carbonyl (C=O) groups excluding carboxylic acids is 3. The predicted octanol–water partition coefficient (Wildman–Crippen LogP) is 1.92. The summed E-state index contributed by atoms with van der Waals surface area (Å²) in [5, 5.41) is 5.32. The summed E-state index contributed by atoms with van der Waals surface area (Å²) in [6, 6.07) is 11.1. The number of halogens is 1. The summed E-state index contributed by atoms with van der Waals surface area (Å²) < 4.78 is 20.0. The van der Waals surface area contributed by atoms with E-state index in [4.69, 9.17) is 10.5 Å². The first-order valence-corrected chi connectivity index (χ1v) is 9.89. The number of rotatable bonds is 7. The minimum absolute atomic E-state index is 0.204. The van der Waals surface area contributed by atoms with Crippen molar-refractivity contribution in [3.8, 4) is 11.1 Å². The van der Waals surface area contributed by atoms with Crippen LogP contribution in [0.5, 0.6) is 0 Å². The lowest BCUT2D eigenvalue weighted by atomic mass is 10.0. The van der Waals surface area contributed by atoms with Gasteiger partial charge in [-0.25, -0.2) is 9.18 Å². The van der Waals surface area contributed by atoms with E-state index in [1.165, 1.54) is 17.9 Å². The molecule has 31 heavy (non-hydrogen) atoms. The molecule has 1 heterocycles. The molecule has 4 N–H and O–H groups in total. The van der Waals surface area contributed by atoms with Crippen LogP contribution >= 0.6 is 0 Å². The monoisotopic (exact) mass is 428 g/mol. The first kappa shape index (κ1) is 22.2. The molecule has 3 amide bonds. The molecule has 2 atom stereocenters. The number of nitrogens with two attached hydrogens (primary N) is 1. The second kappa shape index (κ2) is 9.57. The molecule has 2 aromatic carbocycles. The van der Waals surface area contributed by atoms with Crippen molar-refractivity contribution >= 4 is 23.6 Å². The Hall–Kier alpha value is -3.46. The van der Waals surface area contributed by atoms with Gasteiger partial charge in [-0.1, -0.05) is 24.3 Å². The Bertz CT molecular complexity index is 978. The largest absolute Gasteiger partial charge is 0.442 e. The van der Waals surface area contributed by atoms with Crippen LogP contribution in [-0.4, -0.2) is 43.1 Å². The molecule has 0 unspecified atom stereocenters. The normalized spacial score (nSPS) is 16.6. The third kappa shape index (κ3) is 5.58. The molecule has 1 aliphatic heterocycles. The average Bonchev–Trinajstić information content (AvgIpc) is 3.11. The number of ether oxygens (including phenoxy) is 1. The molecule has 2 aromatic rings. The highest BCUT2D eigenvalue weighted by Crippen LogP contribution is 2.29. The van der Waals surface area contributed by atoms with Gasteiger partial charge in [-0.3, -0.25) is 14.5 Å². The summed E-state index contributed by atoms with van der Waals surface area (Å²) >= 11 is 0. The van der Waals surface area contributed by atoms with Gasteiger partial charge in [0, 0.05) is 19.0 Å². The Kier molecular flexibility index (Phi) is 6.86. The summed E-state index contributed by atoms with van der Waals surface area (Å²) in [4.78, 5) is 36.0. The summed E-state index contributed by atoms with van der Waals surface area (Å²) in [5.41, 5.74) is 7.81. The van der Waals surface area contributed by atoms with E-state index in [0.717, 1.165) is 5.56 Å². The zero-order valence-corrected chi connectivity index (χ0v) is 17.4. The third-order valence-electron chi connectivity index (χ3n) is 4.86. The molecule has 164 valence electrons. The topological polar surface area (TPSA) is 114 Å². The van der Waals surface area contributed by atoms with Gasteiger partial charge in [0.25, 0.3) is 0 Å². The van der Waals surface area contributed by atoms with Crippen molar-refractivity contribution in [2.45, 2.75) is 32.5 Å². The maximum atomic E-state index is 14.8. The van der Waals surface area contributed by atoms with Gasteiger partial charge in [0.2, 0.25) is 11.8 Å². The van der Waals surface area contributed by atoms with Gasteiger partial charge in [-0.15, -0.1) is 0 Å². The van der Waals surface area contributed by atoms with E-state index in [1.807, 2.05) is 0 Å². The molecular weight excluding hydrogens is 403 g/mol. The Balaban J connectivity index is 1.67. The van der Waals surface area contributed by atoms with E-state index in [-0.39, 0.29) is 24.9 Å². The molecule has 0 bridgehead atoms. The van der Waals surface area contributed by atoms with Crippen LogP contribution in [0.4, 0.5) is 14.9 Å². The minimum atomic E-state index is -0.583. The molecule has 1 fully saturated rings. The summed E-state index contributed by atoms with van der Waals surface area (Å²) in [5.74, 6) is -0.939. The van der Waals surface area contributed by atoms with Crippen molar-refractivity contribution in [1.29, 1.82) is 0 Å². The number of hydrogen-bond donors (Lipinski definition) is 3. The summed E-state index contributed by atoms with van der Waals surface area (Å²) in [6.45, 7) is 3.75. The first-order valence-electron chi connectivity index (χ1n) is 9.89. The first-order chi connectivity index (χ1) is 14.7. The number of amides is 3. The minimum Gasteiger partial charge on any atom is -0.442 e. The second-order valence-electron chi connectivity index (χ2n) is 7.42. The van der Waals surface area contributed by atoms with Gasteiger partial charge in [0.05, 0.1) is 24.8 Å². The molecule has 1 aliphatic rings. The van der Waals surface area contributed by atoms with Crippen LogP contribution in [0.1, 0.15) is 19.4 Å². The van der Waals surface area contributed by atoms with Crippen LogP contribution < -0.4 is 21.3 Å². The fourth-order valence-electron chi connectivity index (χ4n) is 3.15. The van der Waals surface area contributed by atoms with Crippen LogP contribution in [0, 0.1) is 5.82 Å². The van der Waals surface area contributed by atoms with Gasteiger partial charge in [-0.05, 0) is 36.2 Å². The predicted molar refractivity (Wildman–Crippen MR) is 114 cm³/mol. The number of nitrogens with zero attached hydrogens (tertiary/aromatic N) is 1. The van der Waals surface area contributed by atoms with Crippen molar-refractivity contribution in [3.63, 3.8) is 0 Å². The molecule has 0 radical (unpaired) electrons. The fraction of sp³-hybridized carbons (Fsp3) is 0.318. The Morgan fingerprint density at radius 2 is 1.94 bits per heavy atom. The molecular formula is C22H25FN4O4. The SMILES string of the molecule is CC(=O)NC[C@H]1CN(c2ccc(-c3ccc(CNC(=O)[C@@H](C)N)cc3)c(F)c2)C(=O)O1. The Morgan fingerprint density at radius 1 is 1.23 bits per heavy atom. The van der Waals surface area contributed by atoms with Gasteiger partial charge in [0.15, 0.2) is 0 Å². The van der Waals surface area contributed by atoms with Gasteiger partial charge < -0.3 is 21.1 Å². The van der Waals surface area contributed by atoms with Crippen molar-refractivity contribution < 1.29 is 23.5 Å². The Morgan fingerprint density at radius 3 is 2.55 bits per heavy atom. The van der Waals surface area contributed by atoms with Crippen molar-refractivity contribution in [2.24, 2.45) is 5.73 Å². The third-order valence-corrected chi connectivity index (χ3v) is 4.86. The van der Waals surface area contributed by atoms with E-state index in [1.54, 1.807) is 43.3 Å². The van der Waals surface area contributed by atoms with Crippen molar-refractivity contribution in [1.82, 2.24) is 10.6 Å². The second-order valence-corrected chi connectivity index (χ2v) is 7.42. The molecule has 0 aliphatic carbocycles. The van der Waals surface area contributed by atoms with E-state index in [0.29, 0.717) is 23.4 Å². The molecule has 0 saturated carbocycles. The Labute approximate surface area is 179 Å². The van der Waals surface area contributed by atoms with Gasteiger partial charge in [0.1, 0.15) is 11.9 Å². The quantitative estimate of drug-likeness (QED) is 0.624.